The molecule has 0 aromatic carbocycles. The molecule has 0 saturated carbocycles. The van der Waals surface area contributed by atoms with E-state index < -0.39 is 0 Å². The first-order valence-corrected chi connectivity index (χ1v) is 6.88. The molecule has 0 bridgehead atoms. The fourth-order valence-corrected chi connectivity index (χ4v) is 2.44. The Morgan fingerprint density at radius 1 is 1.33 bits per heavy atom. The van der Waals surface area contributed by atoms with Gasteiger partial charge >= 0.3 is 0 Å². The number of nitrogens with one attached hydrogen (secondary N) is 1. The standard InChI is InChI=1S/C14H24N4/c1-11-6-7-13(15)14(17-11)16-10-12(2)18-8-4-3-5-9-18/h6-7,12H,3-5,8-10,15H2,1-2H3,(H,16,17). The topological polar surface area (TPSA) is 54.2 Å². The Hall–Kier alpha value is -1.29. The van der Waals surface area contributed by atoms with Crippen LogP contribution in [0, 0.1) is 6.92 Å². The van der Waals surface area contributed by atoms with E-state index in [0.29, 0.717) is 6.04 Å². The summed E-state index contributed by atoms with van der Waals surface area (Å²) in [5, 5.41) is 3.37. The number of nitrogen functional groups attached to an aromatic ring is 1. The number of rotatable bonds is 4. The molecule has 1 aliphatic rings. The highest BCUT2D eigenvalue weighted by Crippen LogP contribution is 2.17. The smallest absolute Gasteiger partial charge is 0.149 e. The second-order valence-corrected chi connectivity index (χ2v) is 5.22. The van der Waals surface area contributed by atoms with E-state index in [1.807, 2.05) is 19.1 Å². The third-order valence-corrected chi connectivity index (χ3v) is 3.64. The van der Waals surface area contributed by atoms with Crippen molar-refractivity contribution in [3.8, 4) is 0 Å². The average molecular weight is 248 g/mol. The van der Waals surface area contributed by atoms with Gasteiger partial charge in [-0.1, -0.05) is 6.42 Å². The van der Waals surface area contributed by atoms with Crippen molar-refractivity contribution in [2.45, 2.75) is 39.2 Å². The molecule has 0 spiro atoms. The minimum atomic E-state index is 0.534. The molecule has 0 amide bonds. The van der Waals surface area contributed by atoms with Gasteiger partial charge in [0.25, 0.3) is 0 Å². The molecule has 3 N–H and O–H groups in total. The number of pyridine rings is 1. The van der Waals surface area contributed by atoms with Crippen LogP contribution in [0.2, 0.25) is 0 Å². The quantitative estimate of drug-likeness (QED) is 0.858. The molecule has 1 aromatic rings. The Balaban J connectivity index is 1.88. The fourth-order valence-electron chi connectivity index (χ4n) is 2.44. The van der Waals surface area contributed by atoms with Crippen LogP contribution in [-0.2, 0) is 0 Å². The molecule has 18 heavy (non-hydrogen) atoms. The summed E-state index contributed by atoms with van der Waals surface area (Å²) in [6.45, 7) is 7.60. The first-order valence-electron chi connectivity index (χ1n) is 6.88. The molecule has 1 fully saturated rings. The number of anilines is 2. The van der Waals surface area contributed by atoms with E-state index in [9.17, 15) is 0 Å². The van der Waals surface area contributed by atoms with Crippen LogP contribution in [0.3, 0.4) is 0 Å². The van der Waals surface area contributed by atoms with E-state index >= 15 is 0 Å². The first-order chi connectivity index (χ1) is 8.66. The maximum Gasteiger partial charge on any atom is 0.149 e. The van der Waals surface area contributed by atoms with Crippen molar-refractivity contribution < 1.29 is 0 Å². The largest absolute Gasteiger partial charge is 0.396 e. The van der Waals surface area contributed by atoms with Crippen molar-refractivity contribution in [1.82, 2.24) is 9.88 Å². The van der Waals surface area contributed by atoms with Gasteiger partial charge < -0.3 is 11.1 Å². The molecule has 1 unspecified atom stereocenters. The Morgan fingerprint density at radius 3 is 2.78 bits per heavy atom. The Bertz CT molecular complexity index is 385. The summed E-state index contributed by atoms with van der Waals surface area (Å²) in [6, 6.07) is 4.39. The number of hydrogen-bond donors (Lipinski definition) is 2. The molecule has 2 heterocycles. The summed E-state index contributed by atoms with van der Waals surface area (Å²) in [7, 11) is 0. The fraction of sp³-hybridized carbons (Fsp3) is 0.643. The Morgan fingerprint density at radius 2 is 2.06 bits per heavy atom. The molecule has 4 heteroatoms. The van der Waals surface area contributed by atoms with Crippen LogP contribution >= 0.6 is 0 Å². The number of likely N-dealkylation sites (tertiary alicyclic amines) is 1. The lowest BCUT2D eigenvalue weighted by atomic mass is 10.1. The molecule has 2 rings (SSSR count). The number of aryl methyl sites for hydroxylation is 1. The van der Waals surface area contributed by atoms with Crippen LogP contribution in [0.25, 0.3) is 0 Å². The maximum absolute atomic E-state index is 5.92. The number of nitrogens with two attached hydrogens (primary N) is 1. The van der Waals surface area contributed by atoms with Crippen LogP contribution in [0.4, 0.5) is 11.5 Å². The normalized spacial score (nSPS) is 18.6. The molecule has 1 atom stereocenters. The molecule has 0 aliphatic carbocycles. The molecular weight excluding hydrogens is 224 g/mol. The van der Waals surface area contributed by atoms with Crippen molar-refractivity contribution >= 4 is 11.5 Å². The number of hydrogen-bond acceptors (Lipinski definition) is 4. The van der Waals surface area contributed by atoms with Crippen LogP contribution in [0.1, 0.15) is 31.9 Å². The molecule has 100 valence electrons. The molecule has 1 saturated heterocycles. The van der Waals surface area contributed by atoms with Crippen LogP contribution < -0.4 is 11.1 Å². The van der Waals surface area contributed by atoms with Crippen LogP contribution in [0.15, 0.2) is 12.1 Å². The predicted octanol–water partition coefficient (Wildman–Crippen LogP) is 2.26. The van der Waals surface area contributed by atoms with E-state index in [2.05, 4.69) is 22.1 Å². The monoisotopic (exact) mass is 248 g/mol. The average Bonchev–Trinajstić information content (AvgIpc) is 2.40. The molecular formula is C14H24N4. The minimum Gasteiger partial charge on any atom is -0.396 e. The maximum atomic E-state index is 5.92. The summed E-state index contributed by atoms with van der Waals surface area (Å²) in [5.41, 5.74) is 7.64. The highest BCUT2D eigenvalue weighted by atomic mass is 15.2. The van der Waals surface area contributed by atoms with Gasteiger partial charge in [0, 0.05) is 18.3 Å². The molecule has 1 aromatic heterocycles. The SMILES string of the molecule is Cc1ccc(N)c(NCC(C)N2CCCCC2)n1. The molecule has 1 aliphatic heterocycles. The van der Waals surface area contributed by atoms with Crippen LogP contribution in [0.5, 0.6) is 0 Å². The second-order valence-electron chi connectivity index (χ2n) is 5.22. The third-order valence-electron chi connectivity index (χ3n) is 3.64. The first kappa shape index (κ1) is 13.1. The zero-order valence-electron chi connectivity index (χ0n) is 11.4. The van der Waals surface area contributed by atoms with Gasteiger partial charge in [-0.05, 0) is 51.9 Å². The van der Waals surface area contributed by atoms with Crippen LogP contribution in [-0.4, -0.2) is 35.6 Å². The zero-order valence-corrected chi connectivity index (χ0v) is 11.4. The van der Waals surface area contributed by atoms with E-state index in [-0.39, 0.29) is 0 Å². The lowest BCUT2D eigenvalue weighted by molar-refractivity contribution is 0.180. The Labute approximate surface area is 110 Å². The van der Waals surface area contributed by atoms with Gasteiger partial charge in [0.15, 0.2) is 0 Å². The van der Waals surface area contributed by atoms with Gasteiger partial charge in [-0.3, -0.25) is 4.90 Å². The highest BCUT2D eigenvalue weighted by molar-refractivity contribution is 5.61. The van der Waals surface area contributed by atoms with Gasteiger partial charge in [0.1, 0.15) is 5.82 Å². The predicted molar refractivity (Wildman–Crippen MR) is 76.8 cm³/mol. The van der Waals surface area contributed by atoms with Gasteiger partial charge in [-0.15, -0.1) is 0 Å². The number of aromatic nitrogens is 1. The Kier molecular flexibility index (Phi) is 4.42. The van der Waals surface area contributed by atoms with Crippen molar-refractivity contribution in [3.63, 3.8) is 0 Å². The number of nitrogens with zero attached hydrogens (tertiary/aromatic N) is 2. The van der Waals surface area contributed by atoms with E-state index in [1.165, 1.54) is 32.4 Å². The van der Waals surface area contributed by atoms with Gasteiger partial charge in [0.2, 0.25) is 0 Å². The lowest BCUT2D eigenvalue weighted by Gasteiger charge is -2.32. The highest BCUT2D eigenvalue weighted by Gasteiger charge is 2.16. The van der Waals surface area contributed by atoms with Gasteiger partial charge in [0.05, 0.1) is 5.69 Å². The van der Waals surface area contributed by atoms with Crippen molar-refractivity contribution in [3.05, 3.63) is 17.8 Å². The summed E-state index contributed by atoms with van der Waals surface area (Å²) >= 11 is 0. The van der Waals surface area contributed by atoms with Crippen molar-refractivity contribution in [2.24, 2.45) is 0 Å². The van der Waals surface area contributed by atoms with E-state index in [0.717, 1.165) is 23.7 Å². The summed E-state index contributed by atoms with van der Waals surface area (Å²) in [5.74, 6) is 0.818. The van der Waals surface area contributed by atoms with Gasteiger partial charge in [-0.25, -0.2) is 4.98 Å². The molecule has 4 nitrogen and oxygen atoms in total. The molecule has 0 radical (unpaired) electrons. The van der Waals surface area contributed by atoms with E-state index in [1.54, 1.807) is 0 Å². The minimum absolute atomic E-state index is 0.534. The van der Waals surface area contributed by atoms with Gasteiger partial charge in [-0.2, -0.15) is 0 Å². The zero-order chi connectivity index (χ0) is 13.0. The summed E-state index contributed by atoms with van der Waals surface area (Å²) < 4.78 is 0. The van der Waals surface area contributed by atoms with E-state index in [4.69, 9.17) is 5.73 Å². The number of piperidine rings is 1. The third kappa shape index (κ3) is 3.35. The second kappa shape index (κ2) is 6.05. The summed E-state index contributed by atoms with van der Waals surface area (Å²) in [4.78, 5) is 6.98. The lowest BCUT2D eigenvalue weighted by Crippen LogP contribution is -2.41. The summed E-state index contributed by atoms with van der Waals surface area (Å²) in [6.07, 6.45) is 4.04. The van der Waals surface area contributed by atoms with Crippen molar-refractivity contribution in [1.29, 1.82) is 0 Å². The van der Waals surface area contributed by atoms with Crippen molar-refractivity contribution in [2.75, 3.05) is 30.7 Å².